The van der Waals surface area contributed by atoms with Gasteiger partial charge in [0.15, 0.2) is 6.17 Å². The van der Waals surface area contributed by atoms with Gasteiger partial charge in [-0.25, -0.2) is 14.4 Å². The van der Waals surface area contributed by atoms with Crippen LogP contribution in [0.3, 0.4) is 0 Å². The normalized spacial score (nSPS) is 13.8. The number of hydrogen-bond acceptors (Lipinski definition) is 11. The van der Waals surface area contributed by atoms with E-state index >= 15 is 0 Å². The van der Waals surface area contributed by atoms with Crippen molar-refractivity contribution in [2.45, 2.75) is 162 Å². The molecule has 0 spiro atoms. The lowest BCUT2D eigenvalue weighted by Crippen LogP contribution is -2.62. The highest BCUT2D eigenvalue weighted by Crippen LogP contribution is 2.21. The van der Waals surface area contributed by atoms with Gasteiger partial charge in [0.2, 0.25) is 11.8 Å². The molecule has 0 aliphatic carbocycles. The predicted molar refractivity (Wildman–Crippen MR) is 251 cm³/mol. The van der Waals surface area contributed by atoms with Crippen LogP contribution in [0.15, 0.2) is 48.5 Å². The second-order valence-electron chi connectivity index (χ2n) is 18.7. The van der Waals surface area contributed by atoms with Crippen LogP contribution < -0.4 is 37.6 Å². The van der Waals surface area contributed by atoms with Gasteiger partial charge in [0.25, 0.3) is 11.8 Å². The molecule has 18 heteroatoms. The Morgan fingerprint density at radius 3 is 1.68 bits per heavy atom. The third kappa shape index (κ3) is 22.4. The molecule has 0 aliphatic rings. The van der Waals surface area contributed by atoms with E-state index in [0.29, 0.717) is 12.8 Å². The van der Waals surface area contributed by atoms with Crippen LogP contribution in [0.5, 0.6) is 0 Å². The number of alkyl carbamates (subject to hydrolysis) is 2. The second kappa shape index (κ2) is 27.7. The number of hydrogen-bond donors (Lipinski definition) is 8. The minimum absolute atomic E-state index is 0.00593. The van der Waals surface area contributed by atoms with E-state index in [1.807, 2.05) is 38.1 Å². The van der Waals surface area contributed by atoms with E-state index in [0.717, 1.165) is 30.4 Å². The maximum Gasteiger partial charge on any atom is 0.407 e. The standard InChI is InChI=1S/C48H75N7O11/c1-11-12-16-32-19-21-33(22-20-32)34-23-25-35(26-24-34)40(56)52-36(18-15-28-51-46(63)66-48(8,9)10)41(57)54-38(31(4)64-29-30(2)3)42(58)55-39(49)43(59)53-37(44(60)61)17-13-14-27-50-45(62)65-47(5,6)7/h19-26,30-31,36-39H,11-18,27-29,49H2,1-10H3,(H,50,62)(H,51,63)(H,52,56)(H,53,59)(H,54,57)(H,55,58)(H,60,61). The molecule has 9 N–H and O–H groups in total. The van der Waals surface area contributed by atoms with E-state index in [2.05, 4.69) is 51.0 Å². The van der Waals surface area contributed by atoms with E-state index in [-0.39, 0.29) is 50.4 Å². The topological polar surface area (TPSA) is 266 Å². The highest BCUT2D eigenvalue weighted by molar-refractivity contribution is 5.99. The summed E-state index contributed by atoms with van der Waals surface area (Å²) >= 11 is 0. The summed E-state index contributed by atoms with van der Waals surface area (Å²) in [6, 6.07) is 11.2. The van der Waals surface area contributed by atoms with Gasteiger partial charge in [-0.3, -0.25) is 19.2 Å². The number of nitrogens with two attached hydrogens (primary N) is 1. The maximum absolute atomic E-state index is 14.1. The molecule has 0 heterocycles. The molecule has 0 saturated carbocycles. The number of benzene rings is 2. The van der Waals surface area contributed by atoms with Gasteiger partial charge in [-0.1, -0.05) is 63.6 Å². The Balaban J connectivity index is 2.23. The van der Waals surface area contributed by atoms with Gasteiger partial charge in [-0.15, -0.1) is 0 Å². The Labute approximate surface area is 390 Å². The van der Waals surface area contributed by atoms with Crippen molar-refractivity contribution in [3.8, 4) is 11.1 Å². The van der Waals surface area contributed by atoms with E-state index in [1.54, 1.807) is 60.6 Å². The largest absolute Gasteiger partial charge is 0.480 e. The van der Waals surface area contributed by atoms with Crippen molar-refractivity contribution < 1.29 is 52.9 Å². The zero-order valence-corrected chi connectivity index (χ0v) is 40.5. The lowest BCUT2D eigenvalue weighted by atomic mass is 10.0. The van der Waals surface area contributed by atoms with Crippen molar-refractivity contribution in [2.24, 2.45) is 11.7 Å². The van der Waals surface area contributed by atoms with Crippen molar-refractivity contribution in [1.82, 2.24) is 31.9 Å². The molecule has 5 atom stereocenters. The fraction of sp³-hybridized carbons (Fsp3) is 0.604. The molecule has 6 amide bonds. The Kier molecular flexibility index (Phi) is 23.6. The van der Waals surface area contributed by atoms with E-state index in [9.17, 15) is 38.7 Å². The van der Waals surface area contributed by atoms with Gasteiger partial charge in [0, 0.05) is 25.3 Å². The summed E-state index contributed by atoms with van der Waals surface area (Å²) in [4.78, 5) is 91.0. The number of ether oxygens (including phenoxy) is 3. The zero-order valence-electron chi connectivity index (χ0n) is 40.5. The van der Waals surface area contributed by atoms with Crippen LogP contribution in [0.1, 0.15) is 130 Å². The molecule has 368 valence electrons. The van der Waals surface area contributed by atoms with Crippen LogP contribution in [0.2, 0.25) is 0 Å². The molecule has 5 unspecified atom stereocenters. The highest BCUT2D eigenvalue weighted by atomic mass is 16.6. The number of aliphatic carboxylic acids is 1. The molecule has 0 bridgehead atoms. The van der Waals surface area contributed by atoms with Crippen LogP contribution in [-0.4, -0.2) is 108 Å². The number of aryl methyl sites for hydroxylation is 1. The number of nitrogens with one attached hydrogen (secondary N) is 6. The molecule has 0 aromatic heterocycles. The van der Waals surface area contributed by atoms with Crippen molar-refractivity contribution in [1.29, 1.82) is 0 Å². The summed E-state index contributed by atoms with van der Waals surface area (Å²) in [7, 11) is 0. The average Bonchev–Trinajstić information content (AvgIpc) is 3.23. The summed E-state index contributed by atoms with van der Waals surface area (Å²) in [5, 5.41) is 25.1. The van der Waals surface area contributed by atoms with Gasteiger partial charge in [0.1, 0.15) is 29.3 Å². The predicted octanol–water partition coefficient (Wildman–Crippen LogP) is 5.31. The third-order valence-electron chi connectivity index (χ3n) is 9.74. The molecule has 2 aromatic carbocycles. The molecule has 66 heavy (non-hydrogen) atoms. The van der Waals surface area contributed by atoms with Gasteiger partial charge < -0.3 is 57.0 Å². The quantitative estimate of drug-likeness (QED) is 0.0441. The molecule has 2 aromatic rings. The molecule has 18 nitrogen and oxygen atoms in total. The van der Waals surface area contributed by atoms with Gasteiger partial charge in [-0.2, -0.15) is 0 Å². The number of carboxylic acids is 1. The Hall–Kier alpha value is -5.75. The Bertz CT molecular complexity index is 1880. The van der Waals surface area contributed by atoms with Crippen LogP contribution in [-0.2, 0) is 39.8 Å². The molecule has 2 rings (SSSR count). The van der Waals surface area contributed by atoms with Crippen molar-refractivity contribution in [2.75, 3.05) is 19.7 Å². The minimum Gasteiger partial charge on any atom is -0.480 e. The van der Waals surface area contributed by atoms with Crippen LogP contribution >= 0.6 is 0 Å². The average molecular weight is 926 g/mol. The fourth-order valence-electron chi connectivity index (χ4n) is 6.28. The highest BCUT2D eigenvalue weighted by Gasteiger charge is 2.34. The number of carbonyl (C=O) groups is 7. The number of carboxylic acid groups (broad SMARTS) is 1. The summed E-state index contributed by atoms with van der Waals surface area (Å²) in [5.41, 5.74) is 8.06. The van der Waals surface area contributed by atoms with Crippen LogP contribution in [0, 0.1) is 5.92 Å². The lowest BCUT2D eigenvalue weighted by molar-refractivity contribution is -0.142. The van der Waals surface area contributed by atoms with Crippen molar-refractivity contribution in [3.05, 3.63) is 59.7 Å². The van der Waals surface area contributed by atoms with Gasteiger partial charge >= 0.3 is 18.2 Å². The molecular weight excluding hydrogens is 851 g/mol. The van der Waals surface area contributed by atoms with Gasteiger partial charge in [0.05, 0.1) is 6.10 Å². The van der Waals surface area contributed by atoms with Crippen LogP contribution in [0.4, 0.5) is 9.59 Å². The summed E-state index contributed by atoms with van der Waals surface area (Å²) in [6.45, 7) is 18.4. The van der Waals surface area contributed by atoms with Crippen molar-refractivity contribution in [3.63, 3.8) is 0 Å². The Morgan fingerprint density at radius 2 is 1.17 bits per heavy atom. The monoisotopic (exact) mass is 926 g/mol. The number of amides is 6. The van der Waals surface area contributed by atoms with E-state index in [1.165, 1.54) is 5.56 Å². The first kappa shape index (κ1) is 56.4. The summed E-state index contributed by atoms with van der Waals surface area (Å²) < 4.78 is 16.4. The van der Waals surface area contributed by atoms with Crippen molar-refractivity contribution >= 4 is 41.8 Å². The van der Waals surface area contributed by atoms with Crippen LogP contribution in [0.25, 0.3) is 11.1 Å². The number of rotatable bonds is 26. The smallest absolute Gasteiger partial charge is 0.407 e. The molecule has 0 radical (unpaired) electrons. The minimum atomic E-state index is -1.73. The van der Waals surface area contributed by atoms with Gasteiger partial charge in [-0.05, 0) is 128 Å². The lowest BCUT2D eigenvalue weighted by Gasteiger charge is -2.29. The summed E-state index contributed by atoms with van der Waals surface area (Å²) in [5.74, 6) is -4.52. The SMILES string of the molecule is CCCCc1ccc(-c2ccc(C(=O)NC(CCCNC(=O)OC(C)(C)C)C(=O)NC(C(=O)NC(N)C(=O)NC(CCCCNC(=O)OC(C)(C)C)C(=O)O)C(C)OCC(C)C)cc2)cc1. The third-order valence-corrected chi connectivity index (χ3v) is 9.74. The molecular formula is C48H75N7O11. The zero-order chi connectivity index (χ0) is 49.6. The first-order valence-electron chi connectivity index (χ1n) is 22.8. The summed E-state index contributed by atoms with van der Waals surface area (Å²) in [6.07, 6.45) is 0.177. The first-order valence-corrected chi connectivity index (χ1v) is 22.8. The number of unbranched alkanes of at least 4 members (excludes halogenated alkanes) is 2. The fourth-order valence-corrected chi connectivity index (χ4v) is 6.28. The maximum atomic E-state index is 14.1. The molecule has 0 aliphatic heterocycles. The molecule has 0 saturated heterocycles. The second-order valence-corrected chi connectivity index (χ2v) is 18.7. The number of carbonyl (C=O) groups excluding carboxylic acids is 6. The Morgan fingerprint density at radius 1 is 0.636 bits per heavy atom. The first-order chi connectivity index (χ1) is 30.9. The van der Waals surface area contributed by atoms with E-state index < -0.39 is 83.4 Å². The van der Waals surface area contributed by atoms with E-state index in [4.69, 9.17) is 19.9 Å². The molecule has 0 fully saturated rings.